The van der Waals surface area contributed by atoms with E-state index in [-0.39, 0.29) is 12.5 Å². The zero-order valence-electron chi connectivity index (χ0n) is 9.00. The third kappa shape index (κ3) is 4.55. The lowest BCUT2D eigenvalue weighted by molar-refractivity contribution is -0.109. The van der Waals surface area contributed by atoms with Gasteiger partial charge in [-0.15, -0.1) is 0 Å². The second kappa shape index (κ2) is 5.77. The molecule has 1 aromatic carbocycles. The average molecular weight is 242 g/mol. The summed E-state index contributed by atoms with van der Waals surface area (Å²) in [6.07, 6.45) is 2.16. The molecule has 0 saturated carbocycles. The topological polar surface area (TPSA) is 60.4 Å². The minimum atomic E-state index is -3.43. The number of carbonyl (C=O) groups excluding carboxylic acids is 1. The molecule has 0 fully saturated rings. The zero-order chi connectivity index (χ0) is 12.0. The Bertz CT molecular complexity index is 425. The Morgan fingerprint density at radius 1 is 1.31 bits per heavy atom. The Labute approximate surface area is 95.4 Å². The van der Waals surface area contributed by atoms with E-state index in [1.165, 1.54) is 0 Å². The van der Waals surface area contributed by atoms with Crippen LogP contribution >= 0.6 is 0 Å². The Morgan fingerprint density at radius 2 is 1.94 bits per heavy atom. The number of hydrogen-bond donors (Lipinski definition) is 0. The zero-order valence-corrected chi connectivity index (χ0v) is 9.81. The van der Waals surface area contributed by atoms with E-state index >= 15 is 0 Å². The van der Waals surface area contributed by atoms with Crippen LogP contribution in [0, 0.1) is 0 Å². The molecule has 4 nitrogen and oxygen atoms in total. The Hall–Kier alpha value is -1.20. The first-order valence-corrected chi connectivity index (χ1v) is 6.69. The molecular weight excluding hydrogens is 228 g/mol. The molecule has 0 aliphatic heterocycles. The molecule has 0 spiro atoms. The van der Waals surface area contributed by atoms with Crippen molar-refractivity contribution in [3.05, 3.63) is 35.9 Å². The highest BCUT2D eigenvalue weighted by atomic mass is 32.2. The van der Waals surface area contributed by atoms with Crippen molar-refractivity contribution in [2.45, 2.75) is 12.3 Å². The van der Waals surface area contributed by atoms with Gasteiger partial charge >= 0.3 is 0 Å². The van der Waals surface area contributed by atoms with Crippen molar-refractivity contribution < 1.29 is 17.4 Å². The molecule has 0 heterocycles. The molecule has 0 aromatic heterocycles. The van der Waals surface area contributed by atoms with E-state index in [0.717, 1.165) is 18.1 Å². The molecule has 1 atom stereocenters. The summed E-state index contributed by atoms with van der Waals surface area (Å²) in [4.78, 5) is 10.9. The molecule has 0 bridgehead atoms. The molecule has 1 rings (SSSR count). The average Bonchev–Trinajstić information content (AvgIpc) is 2.24. The van der Waals surface area contributed by atoms with E-state index in [9.17, 15) is 13.2 Å². The van der Waals surface area contributed by atoms with Gasteiger partial charge in [0.05, 0.1) is 12.9 Å². The largest absolute Gasteiger partial charge is 0.303 e. The third-order valence-electron chi connectivity index (χ3n) is 2.12. The van der Waals surface area contributed by atoms with E-state index in [4.69, 9.17) is 0 Å². The van der Waals surface area contributed by atoms with Crippen molar-refractivity contribution >= 4 is 16.4 Å². The molecule has 0 aliphatic rings. The van der Waals surface area contributed by atoms with Gasteiger partial charge in [0.2, 0.25) is 0 Å². The molecule has 0 amide bonds. The quantitative estimate of drug-likeness (QED) is 0.558. The van der Waals surface area contributed by atoms with E-state index in [1.54, 1.807) is 0 Å². The maximum atomic E-state index is 10.9. The van der Waals surface area contributed by atoms with Gasteiger partial charge in [0, 0.05) is 5.92 Å². The van der Waals surface area contributed by atoms with Crippen LogP contribution in [0.3, 0.4) is 0 Å². The van der Waals surface area contributed by atoms with Crippen molar-refractivity contribution in [3.8, 4) is 0 Å². The van der Waals surface area contributed by atoms with Gasteiger partial charge in [-0.1, -0.05) is 30.3 Å². The van der Waals surface area contributed by atoms with Crippen LogP contribution in [0.4, 0.5) is 0 Å². The fourth-order valence-corrected chi connectivity index (χ4v) is 1.74. The minimum Gasteiger partial charge on any atom is -0.303 e. The van der Waals surface area contributed by atoms with Crippen LogP contribution < -0.4 is 0 Å². The maximum Gasteiger partial charge on any atom is 0.264 e. The molecule has 1 aromatic rings. The van der Waals surface area contributed by atoms with Gasteiger partial charge in [-0.2, -0.15) is 8.42 Å². The van der Waals surface area contributed by atoms with Gasteiger partial charge in [0.25, 0.3) is 10.1 Å². The highest BCUT2D eigenvalue weighted by Crippen LogP contribution is 2.16. The van der Waals surface area contributed by atoms with E-state index in [2.05, 4.69) is 4.18 Å². The number of aldehydes is 1. The summed E-state index contributed by atoms with van der Waals surface area (Å²) in [6, 6.07) is 9.20. The van der Waals surface area contributed by atoms with E-state index in [1.807, 2.05) is 30.3 Å². The fourth-order valence-electron chi connectivity index (χ4n) is 1.34. The standard InChI is InChI=1S/C11H14O4S/c1-16(13,14)15-8-7-11(9-12)10-5-3-2-4-6-10/h2-6,9,11H,7-8H2,1H3/t11-/m0/s1. The van der Waals surface area contributed by atoms with Gasteiger partial charge in [-0.05, 0) is 12.0 Å². The summed E-state index contributed by atoms with van der Waals surface area (Å²) in [6.45, 7) is 0.0249. The molecule has 0 unspecified atom stereocenters. The first-order chi connectivity index (χ1) is 7.53. The van der Waals surface area contributed by atoms with Crippen molar-refractivity contribution in [3.63, 3.8) is 0 Å². The van der Waals surface area contributed by atoms with Gasteiger partial charge < -0.3 is 4.79 Å². The van der Waals surface area contributed by atoms with Crippen LogP contribution in [0.1, 0.15) is 17.9 Å². The predicted molar refractivity (Wildman–Crippen MR) is 60.7 cm³/mol. The summed E-state index contributed by atoms with van der Waals surface area (Å²) in [5, 5.41) is 0. The van der Waals surface area contributed by atoms with Crippen LogP contribution in [0.5, 0.6) is 0 Å². The van der Waals surface area contributed by atoms with E-state index in [0.29, 0.717) is 6.42 Å². The Balaban J connectivity index is 2.54. The normalized spacial score (nSPS) is 13.3. The van der Waals surface area contributed by atoms with Crippen LogP contribution in [-0.2, 0) is 19.1 Å². The molecule has 0 saturated heterocycles. The molecule has 5 heteroatoms. The minimum absolute atomic E-state index is 0.0249. The van der Waals surface area contributed by atoms with Gasteiger partial charge in [0.15, 0.2) is 0 Å². The first kappa shape index (κ1) is 12.9. The monoisotopic (exact) mass is 242 g/mol. The summed E-state index contributed by atoms with van der Waals surface area (Å²) < 4.78 is 26.1. The summed E-state index contributed by atoms with van der Waals surface area (Å²) >= 11 is 0. The number of hydrogen-bond acceptors (Lipinski definition) is 4. The Morgan fingerprint density at radius 3 is 2.44 bits per heavy atom. The molecule has 0 N–H and O–H groups in total. The number of rotatable bonds is 6. The lowest BCUT2D eigenvalue weighted by Gasteiger charge is -2.09. The van der Waals surface area contributed by atoms with Crippen molar-refractivity contribution in [1.82, 2.24) is 0 Å². The second-order valence-electron chi connectivity index (χ2n) is 3.47. The summed E-state index contributed by atoms with van der Waals surface area (Å²) in [5.41, 5.74) is 0.870. The Kier molecular flexibility index (Phi) is 4.64. The molecule has 0 radical (unpaired) electrons. The van der Waals surface area contributed by atoms with Crippen LogP contribution in [-0.4, -0.2) is 27.6 Å². The molecule has 0 aliphatic carbocycles. The van der Waals surface area contributed by atoms with Gasteiger partial charge in [0.1, 0.15) is 6.29 Å². The van der Waals surface area contributed by atoms with Crippen LogP contribution in [0.2, 0.25) is 0 Å². The highest BCUT2D eigenvalue weighted by Gasteiger charge is 2.11. The van der Waals surface area contributed by atoms with Crippen LogP contribution in [0.25, 0.3) is 0 Å². The summed E-state index contributed by atoms with van der Waals surface area (Å²) in [7, 11) is -3.43. The van der Waals surface area contributed by atoms with Crippen molar-refractivity contribution in [2.24, 2.45) is 0 Å². The van der Waals surface area contributed by atoms with Crippen molar-refractivity contribution in [1.29, 1.82) is 0 Å². The SMILES string of the molecule is CS(=O)(=O)OCC[C@@H](C=O)c1ccccc1. The van der Waals surface area contributed by atoms with E-state index < -0.39 is 10.1 Å². The molecule has 16 heavy (non-hydrogen) atoms. The van der Waals surface area contributed by atoms with Crippen LogP contribution in [0.15, 0.2) is 30.3 Å². The summed E-state index contributed by atoms with van der Waals surface area (Å²) in [5.74, 6) is -0.317. The molecular formula is C11H14O4S. The predicted octanol–water partition coefficient (Wildman–Crippen LogP) is 1.34. The number of benzene rings is 1. The molecule has 88 valence electrons. The lowest BCUT2D eigenvalue weighted by Crippen LogP contribution is -2.09. The van der Waals surface area contributed by atoms with Gasteiger partial charge in [-0.3, -0.25) is 4.18 Å². The second-order valence-corrected chi connectivity index (χ2v) is 5.11. The smallest absolute Gasteiger partial charge is 0.264 e. The number of carbonyl (C=O) groups is 1. The highest BCUT2D eigenvalue weighted by molar-refractivity contribution is 7.85. The lowest BCUT2D eigenvalue weighted by atomic mass is 9.98. The van der Waals surface area contributed by atoms with Crippen molar-refractivity contribution in [2.75, 3.05) is 12.9 Å². The first-order valence-electron chi connectivity index (χ1n) is 4.87. The van der Waals surface area contributed by atoms with Gasteiger partial charge in [-0.25, -0.2) is 0 Å². The third-order valence-corrected chi connectivity index (χ3v) is 2.71. The fraction of sp³-hybridized carbons (Fsp3) is 0.364. The maximum absolute atomic E-state index is 10.9.